The van der Waals surface area contributed by atoms with Crippen LogP contribution in [0.2, 0.25) is 0 Å². The van der Waals surface area contributed by atoms with E-state index in [2.05, 4.69) is 47.6 Å². The van der Waals surface area contributed by atoms with Gasteiger partial charge >= 0.3 is 0 Å². The molecule has 0 aromatic heterocycles. The van der Waals surface area contributed by atoms with Crippen LogP contribution in [0.15, 0.2) is 30.4 Å². The number of benzene rings is 1. The minimum Gasteiger partial charge on any atom is -0.497 e. The van der Waals surface area contributed by atoms with Gasteiger partial charge < -0.3 is 10.1 Å². The maximum Gasteiger partial charge on any atom is 0.119 e. The average Bonchev–Trinajstić information content (AvgIpc) is 3.47. The summed E-state index contributed by atoms with van der Waals surface area (Å²) in [4.78, 5) is 2.87. The second-order valence-electron chi connectivity index (χ2n) is 9.92. The number of rotatable bonds is 4. The van der Waals surface area contributed by atoms with Gasteiger partial charge in [-0.25, -0.2) is 0 Å². The van der Waals surface area contributed by atoms with Crippen molar-refractivity contribution >= 4 is 0 Å². The molecule has 1 N–H and O–H groups in total. The third kappa shape index (κ3) is 2.10. The third-order valence-electron chi connectivity index (χ3n) is 8.86. The van der Waals surface area contributed by atoms with Crippen molar-refractivity contribution in [3.05, 3.63) is 41.5 Å². The smallest absolute Gasteiger partial charge is 0.119 e. The number of hydrogen-bond donors (Lipinski definition) is 1. The van der Waals surface area contributed by atoms with Gasteiger partial charge in [0.15, 0.2) is 0 Å². The molecule has 3 fully saturated rings. The van der Waals surface area contributed by atoms with E-state index in [0.717, 1.165) is 11.7 Å². The lowest BCUT2D eigenvalue weighted by molar-refractivity contribution is -0.0821. The fourth-order valence-electron chi connectivity index (χ4n) is 7.46. The zero-order valence-corrected chi connectivity index (χ0v) is 16.7. The van der Waals surface area contributed by atoms with E-state index in [1.54, 1.807) is 11.1 Å². The molecule has 0 amide bonds. The molecule has 1 spiro atoms. The standard InChI is InChI=1S/C24H32N2O/c1-25-21-14-23-9-10-26(15-16-3-4-16)22-8-6-18(21)13-24(22,23)12-17-5-7-19(27-2)11-20(17)23/h5-8,11,16,18,21-22,25H,3-4,9-10,12-15H2,1-2H3/t18?,21-,22?,23?,24?/m1/s1. The van der Waals surface area contributed by atoms with E-state index in [4.69, 9.17) is 4.74 Å². The van der Waals surface area contributed by atoms with Crippen LogP contribution in [0.1, 0.15) is 43.2 Å². The van der Waals surface area contributed by atoms with Crippen molar-refractivity contribution in [2.75, 3.05) is 27.2 Å². The Hall–Kier alpha value is -1.32. The Kier molecular flexibility index (Phi) is 3.45. The monoisotopic (exact) mass is 364 g/mol. The van der Waals surface area contributed by atoms with Gasteiger partial charge in [0.2, 0.25) is 0 Å². The molecule has 3 heteroatoms. The summed E-state index contributed by atoms with van der Waals surface area (Å²) in [6.45, 7) is 2.58. The van der Waals surface area contributed by atoms with E-state index in [1.165, 1.54) is 51.6 Å². The fraction of sp³-hybridized carbons (Fsp3) is 0.667. The van der Waals surface area contributed by atoms with Crippen molar-refractivity contribution in [2.24, 2.45) is 17.3 Å². The van der Waals surface area contributed by atoms with Crippen LogP contribution in [0.3, 0.4) is 0 Å². The number of ether oxygens (including phenoxy) is 1. The van der Waals surface area contributed by atoms with Crippen molar-refractivity contribution < 1.29 is 4.74 Å². The minimum absolute atomic E-state index is 0.316. The summed E-state index contributed by atoms with van der Waals surface area (Å²) in [6, 6.07) is 8.17. The van der Waals surface area contributed by atoms with Crippen molar-refractivity contribution in [3.8, 4) is 5.75 Å². The summed E-state index contributed by atoms with van der Waals surface area (Å²) in [5.41, 5.74) is 3.92. The lowest BCUT2D eigenvalue weighted by Gasteiger charge is -2.64. The molecular weight excluding hydrogens is 332 g/mol. The first-order chi connectivity index (χ1) is 13.2. The van der Waals surface area contributed by atoms with E-state index in [9.17, 15) is 0 Å². The maximum atomic E-state index is 5.65. The van der Waals surface area contributed by atoms with Gasteiger partial charge in [-0.3, -0.25) is 4.90 Å². The number of hydrogen-bond acceptors (Lipinski definition) is 3. The third-order valence-corrected chi connectivity index (χ3v) is 8.86. The Morgan fingerprint density at radius 1 is 1.22 bits per heavy atom. The largest absolute Gasteiger partial charge is 0.497 e. The number of methoxy groups -OCH3 is 1. The van der Waals surface area contributed by atoms with Gasteiger partial charge in [0, 0.05) is 29.5 Å². The van der Waals surface area contributed by atoms with Crippen molar-refractivity contribution in [1.29, 1.82) is 0 Å². The molecule has 1 aliphatic heterocycles. The van der Waals surface area contributed by atoms with E-state index in [1.807, 2.05) is 7.11 Å². The molecule has 1 aromatic carbocycles. The highest BCUT2D eigenvalue weighted by Crippen LogP contribution is 2.68. The number of fused-ring (bicyclic) bond motifs is 2. The SMILES string of the molecule is CN[C@@H]1CC23CCN(CC4CC4)C4C=CC1CC42Cc1ccc(OC)cc13. The average molecular weight is 365 g/mol. The number of nitrogens with one attached hydrogen (secondary N) is 1. The van der Waals surface area contributed by atoms with Gasteiger partial charge in [-0.2, -0.15) is 0 Å². The minimum atomic E-state index is 0.316. The van der Waals surface area contributed by atoms with Gasteiger partial charge in [-0.05, 0) is 87.2 Å². The zero-order valence-electron chi connectivity index (χ0n) is 16.7. The van der Waals surface area contributed by atoms with Crippen LogP contribution in [-0.2, 0) is 11.8 Å². The predicted molar refractivity (Wildman–Crippen MR) is 108 cm³/mol. The molecule has 27 heavy (non-hydrogen) atoms. The Balaban J connectivity index is 1.51. The molecular formula is C24H32N2O. The summed E-state index contributed by atoms with van der Waals surface area (Å²) in [5.74, 6) is 2.70. The molecule has 4 aliphatic carbocycles. The van der Waals surface area contributed by atoms with Crippen LogP contribution in [0, 0.1) is 17.3 Å². The highest BCUT2D eigenvalue weighted by atomic mass is 16.5. The van der Waals surface area contributed by atoms with E-state index in [-0.39, 0.29) is 0 Å². The molecule has 144 valence electrons. The molecule has 6 rings (SSSR count). The van der Waals surface area contributed by atoms with Gasteiger partial charge in [-0.1, -0.05) is 18.2 Å². The Morgan fingerprint density at radius 3 is 2.89 bits per heavy atom. The van der Waals surface area contributed by atoms with E-state index < -0.39 is 0 Å². The van der Waals surface area contributed by atoms with Crippen LogP contribution in [0.25, 0.3) is 0 Å². The molecule has 1 aromatic rings. The molecule has 1 heterocycles. The topological polar surface area (TPSA) is 24.5 Å². The Bertz CT molecular complexity index is 800. The van der Waals surface area contributed by atoms with E-state index in [0.29, 0.717) is 28.8 Å². The van der Waals surface area contributed by atoms with Crippen molar-refractivity contribution in [3.63, 3.8) is 0 Å². The van der Waals surface area contributed by atoms with E-state index >= 15 is 0 Å². The first kappa shape index (κ1) is 16.6. The molecule has 3 nitrogen and oxygen atoms in total. The summed E-state index contributed by atoms with van der Waals surface area (Å²) in [6.07, 6.45) is 13.3. The summed E-state index contributed by atoms with van der Waals surface area (Å²) in [5, 5.41) is 3.68. The van der Waals surface area contributed by atoms with Crippen LogP contribution >= 0.6 is 0 Å². The maximum absolute atomic E-state index is 5.65. The van der Waals surface area contributed by atoms with Crippen LogP contribution in [0.4, 0.5) is 0 Å². The molecule has 5 aliphatic rings. The number of piperidine rings is 1. The molecule has 4 unspecified atom stereocenters. The first-order valence-electron chi connectivity index (χ1n) is 11.0. The summed E-state index contributed by atoms with van der Waals surface area (Å²) >= 11 is 0. The quantitative estimate of drug-likeness (QED) is 0.827. The normalized spacial score (nSPS) is 41.9. The van der Waals surface area contributed by atoms with Crippen LogP contribution < -0.4 is 10.1 Å². The second kappa shape index (κ2) is 5.61. The molecule has 5 atom stereocenters. The predicted octanol–water partition coefficient (Wildman–Crippen LogP) is 3.53. The molecule has 1 saturated heterocycles. The zero-order chi connectivity index (χ0) is 18.2. The van der Waals surface area contributed by atoms with Crippen molar-refractivity contribution in [1.82, 2.24) is 10.2 Å². The summed E-state index contributed by atoms with van der Waals surface area (Å²) < 4.78 is 5.65. The Labute approximate surface area is 163 Å². The second-order valence-corrected chi connectivity index (χ2v) is 9.92. The van der Waals surface area contributed by atoms with Crippen LogP contribution in [0.5, 0.6) is 5.75 Å². The lowest BCUT2D eigenvalue weighted by atomic mass is 9.45. The van der Waals surface area contributed by atoms with Gasteiger partial charge in [0.25, 0.3) is 0 Å². The molecule has 0 radical (unpaired) electrons. The number of likely N-dealkylation sites (tertiary alicyclic amines) is 1. The van der Waals surface area contributed by atoms with Gasteiger partial charge in [0.1, 0.15) is 5.75 Å². The number of nitrogens with zero attached hydrogens (tertiary/aromatic N) is 1. The Morgan fingerprint density at radius 2 is 2.11 bits per heavy atom. The highest BCUT2D eigenvalue weighted by Gasteiger charge is 2.67. The van der Waals surface area contributed by atoms with Crippen molar-refractivity contribution in [2.45, 2.75) is 56.0 Å². The lowest BCUT2D eigenvalue weighted by Crippen LogP contribution is -2.68. The fourth-order valence-corrected chi connectivity index (χ4v) is 7.46. The van der Waals surface area contributed by atoms with Crippen LogP contribution in [-0.4, -0.2) is 44.2 Å². The highest BCUT2D eigenvalue weighted by molar-refractivity contribution is 5.51. The molecule has 2 saturated carbocycles. The molecule has 2 bridgehead atoms. The summed E-state index contributed by atoms with van der Waals surface area (Å²) in [7, 11) is 3.97. The van der Waals surface area contributed by atoms with Gasteiger partial charge in [-0.15, -0.1) is 0 Å². The van der Waals surface area contributed by atoms with Gasteiger partial charge in [0.05, 0.1) is 7.11 Å². The first-order valence-corrected chi connectivity index (χ1v) is 11.0.